The van der Waals surface area contributed by atoms with Gasteiger partial charge in [-0.15, -0.1) is 11.3 Å². The first-order chi connectivity index (χ1) is 11.6. The summed E-state index contributed by atoms with van der Waals surface area (Å²) in [6.07, 6.45) is 8.78. The SMILES string of the molecule is CN(C)C1CCC(CNc2nc(Cl)nc3sc4c(c23)CCC4)CC1. The van der Waals surface area contributed by atoms with Crippen molar-refractivity contribution in [2.75, 3.05) is 26.0 Å². The van der Waals surface area contributed by atoms with Crippen LogP contribution >= 0.6 is 22.9 Å². The van der Waals surface area contributed by atoms with Crippen LogP contribution in [0.5, 0.6) is 0 Å². The lowest BCUT2D eigenvalue weighted by molar-refractivity contribution is 0.198. The molecule has 0 bridgehead atoms. The molecule has 2 aromatic rings. The van der Waals surface area contributed by atoms with Crippen molar-refractivity contribution in [3.8, 4) is 0 Å². The topological polar surface area (TPSA) is 41.0 Å². The maximum Gasteiger partial charge on any atom is 0.225 e. The van der Waals surface area contributed by atoms with Gasteiger partial charge in [-0.1, -0.05) is 0 Å². The number of fused-ring (bicyclic) bond motifs is 3. The van der Waals surface area contributed by atoms with Crippen molar-refractivity contribution in [2.24, 2.45) is 5.92 Å². The minimum atomic E-state index is 0.362. The molecule has 4 nitrogen and oxygen atoms in total. The highest BCUT2D eigenvalue weighted by atomic mass is 35.5. The maximum atomic E-state index is 6.16. The molecule has 0 aromatic carbocycles. The summed E-state index contributed by atoms with van der Waals surface area (Å²) in [7, 11) is 4.39. The number of thiophene rings is 1. The minimum Gasteiger partial charge on any atom is -0.369 e. The lowest BCUT2D eigenvalue weighted by Gasteiger charge is -2.32. The van der Waals surface area contributed by atoms with Crippen molar-refractivity contribution >= 4 is 39.0 Å². The van der Waals surface area contributed by atoms with Gasteiger partial charge in [0.1, 0.15) is 10.6 Å². The van der Waals surface area contributed by atoms with Crippen molar-refractivity contribution in [1.29, 1.82) is 0 Å². The van der Waals surface area contributed by atoms with Crippen LogP contribution < -0.4 is 5.32 Å². The summed E-state index contributed by atoms with van der Waals surface area (Å²) in [5, 5.41) is 5.21. The average molecular weight is 365 g/mol. The van der Waals surface area contributed by atoms with Gasteiger partial charge in [0.2, 0.25) is 5.28 Å². The molecule has 1 saturated carbocycles. The molecule has 1 fully saturated rings. The zero-order valence-electron chi connectivity index (χ0n) is 14.4. The largest absolute Gasteiger partial charge is 0.369 e. The first kappa shape index (κ1) is 16.6. The molecule has 2 heterocycles. The second-order valence-corrected chi connectivity index (χ2v) is 8.82. The van der Waals surface area contributed by atoms with E-state index in [4.69, 9.17) is 11.6 Å². The van der Waals surface area contributed by atoms with E-state index in [1.54, 1.807) is 11.3 Å². The predicted molar refractivity (Wildman–Crippen MR) is 102 cm³/mol. The van der Waals surface area contributed by atoms with E-state index in [1.807, 2.05) is 0 Å². The Morgan fingerprint density at radius 2 is 1.96 bits per heavy atom. The first-order valence-electron chi connectivity index (χ1n) is 9.00. The number of anilines is 1. The first-order valence-corrected chi connectivity index (χ1v) is 10.2. The third kappa shape index (κ3) is 3.14. The number of hydrogen-bond donors (Lipinski definition) is 1. The summed E-state index contributed by atoms with van der Waals surface area (Å²) in [6, 6.07) is 0.751. The van der Waals surface area contributed by atoms with E-state index in [0.29, 0.717) is 5.28 Å². The Bertz CT molecular complexity index is 734. The molecule has 0 atom stereocenters. The Kier molecular flexibility index (Phi) is 4.67. The zero-order chi connectivity index (χ0) is 16.7. The fraction of sp³-hybridized carbons (Fsp3) is 0.667. The van der Waals surface area contributed by atoms with Crippen molar-refractivity contribution in [3.05, 3.63) is 15.7 Å². The lowest BCUT2D eigenvalue weighted by Crippen LogP contribution is -2.33. The van der Waals surface area contributed by atoms with Crippen molar-refractivity contribution in [2.45, 2.75) is 51.0 Å². The predicted octanol–water partition coefficient (Wildman–Crippen LogP) is 4.37. The molecule has 2 aromatic heterocycles. The van der Waals surface area contributed by atoms with Crippen LogP contribution in [0.2, 0.25) is 5.28 Å². The number of halogens is 1. The van der Waals surface area contributed by atoms with E-state index >= 15 is 0 Å². The van der Waals surface area contributed by atoms with Crippen molar-refractivity contribution in [1.82, 2.24) is 14.9 Å². The summed E-state index contributed by atoms with van der Waals surface area (Å²) in [5.41, 5.74) is 1.46. The van der Waals surface area contributed by atoms with Gasteiger partial charge in [-0.25, -0.2) is 9.97 Å². The summed E-state index contributed by atoms with van der Waals surface area (Å²) in [6.45, 7) is 0.993. The number of hydrogen-bond acceptors (Lipinski definition) is 5. The molecule has 0 unspecified atom stereocenters. The highest BCUT2D eigenvalue weighted by Gasteiger charge is 2.24. The third-order valence-corrected chi connectivity index (χ3v) is 7.00. The number of aryl methyl sites for hydroxylation is 2. The van der Waals surface area contributed by atoms with Gasteiger partial charge >= 0.3 is 0 Å². The number of rotatable bonds is 4. The smallest absolute Gasteiger partial charge is 0.225 e. The van der Waals surface area contributed by atoms with E-state index in [9.17, 15) is 0 Å². The lowest BCUT2D eigenvalue weighted by atomic mass is 9.85. The zero-order valence-corrected chi connectivity index (χ0v) is 16.0. The van der Waals surface area contributed by atoms with Gasteiger partial charge in [0.05, 0.1) is 5.39 Å². The molecule has 0 aliphatic heterocycles. The van der Waals surface area contributed by atoms with Crippen LogP contribution in [0.4, 0.5) is 5.82 Å². The molecule has 2 aliphatic carbocycles. The van der Waals surface area contributed by atoms with Crippen LogP contribution in [0.15, 0.2) is 0 Å². The van der Waals surface area contributed by atoms with E-state index in [0.717, 1.165) is 35.6 Å². The van der Waals surface area contributed by atoms with Gasteiger partial charge in [0.25, 0.3) is 0 Å². The Morgan fingerprint density at radius 1 is 1.17 bits per heavy atom. The highest BCUT2D eigenvalue weighted by molar-refractivity contribution is 7.19. The molecule has 4 rings (SSSR count). The normalized spacial score (nSPS) is 23.8. The monoisotopic (exact) mass is 364 g/mol. The van der Waals surface area contributed by atoms with Crippen LogP contribution in [0.1, 0.15) is 42.5 Å². The van der Waals surface area contributed by atoms with Crippen LogP contribution in [0.3, 0.4) is 0 Å². The Hall–Kier alpha value is -0.910. The fourth-order valence-corrected chi connectivity index (χ4v) is 5.68. The van der Waals surface area contributed by atoms with Crippen LogP contribution in [-0.2, 0) is 12.8 Å². The van der Waals surface area contributed by atoms with Gasteiger partial charge < -0.3 is 10.2 Å². The van der Waals surface area contributed by atoms with Crippen LogP contribution in [0, 0.1) is 5.92 Å². The van der Waals surface area contributed by atoms with Crippen LogP contribution in [0.25, 0.3) is 10.2 Å². The molecule has 0 radical (unpaired) electrons. The number of nitrogens with zero attached hydrogens (tertiary/aromatic N) is 3. The van der Waals surface area contributed by atoms with E-state index in [2.05, 4.69) is 34.3 Å². The standard InChI is InChI=1S/C18H25ClN4S/c1-23(2)12-8-6-11(7-9-12)10-20-16-15-13-4-3-5-14(13)24-17(15)22-18(19)21-16/h11-12H,3-10H2,1-2H3,(H,20,21,22). The maximum absolute atomic E-state index is 6.16. The molecular formula is C18H25ClN4S. The molecule has 2 aliphatic rings. The average Bonchev–Trinajstić information content (AvgIpc) is 3.13. The Morgan fingerprint density at radius 3 is 2.71 bits per heavy atom. The molecular weight excluding hydrogens is 340 g/mol. The molecule has 24 heavy (non-hydrogen) atoms. The minimum absolute atomic E-state index is 0.362. The van der Waals surface area contributed by atoms with Gasteiger partial charge in [-0.3, -0.25) is 0 Å². The van der Waals surface area contributed by atoms with Crippen LogP contribution in [-0.4, -0.2) is 41.5 Å². The molecule has 6 heteroatoms. The molecule has 1 N–H and O–H groups in total. The molecule has 130 valence electrons. The quantitative estimate of drug-likeness (QED) is 0.818. The van der Waals surface area contributed by atoms with E-state index in [-0.39, 0.29) is 0 Å². The van der Waals surface area contributed by atoms with E-state index in [1.165, 1.54) is 54.4 Å². The molecule has 0 spiro atoms. The van der Waals surface area contributed by atoms with Crippen molar-refractivity contribution < 1.29 is 0 Å². The summed E-state index contributed by atoms with van der Waals surface area (Å²) >= 11 is 7.96. The van der Waals surface area contributed by atoms with Gasteiger partial charge in [0.15, 0.2) is 0 Å². The number of aromatic nitrogens is 2. The second-order valence-electron chi connectivity index (χ2n) is 7.40. The fourth-order valence-electron chi connectivity index (χ4n) is 4.20. The van der Waals surface area contributed by atoms with E-state index < -0.39 is 0 Å². The Labute approximate surface area is 152 Å². The second kappa shape index (κ2) is 6.77. The van der Waals surface area contributed by atoms with Crippen molar-refractivity contribution in [3.63, 3.8) is 0 Å². The molecule has 0 saturated heterocycles. The number of nitrogens with one attached hydrogen (secondary N) is 1. The third-order valence-electron chi connectivity index (χ3n) is 5.64. The summed E-state index contributed by atoms with van der Waals surface area (Å²) in [5.74, 6) is 1.69. The van der Waals surface area contributed by atoms with Gasteiger partial charge in [0, 0.05) is 17.5 Å². The highest BCUT2D eigenvalue weighted by Crippen LogP contribution is 2.40. The van der Waals surface area contributed by atoms with Gasteiger partial charge in [-0.05, 0) is 82.1 Å². The Balaban J connectivity index is 1.49. The van der Waals surface area contributed by atoms with Gasteiger partial charge in [-0.2, -0.15) is 0 Å². The summed E-state index contributed by atoms with van der Waals surface area (Å²) in [4.78, 5) is 13.9. The summed E-state index contributed by atoms with van der Waals surface area (Å²) < 4.78 is 0. The molecule has 0 amide bonds.